The van der Waals surface area contributed by atoms with Gasteiger partial charge in [-0.05, 0) is 43.9 Å². The lowest BCUT2D eigenvalue weighted by molar-refractivity contribution is -0.138. The van der Waals surface area contributed by atoms with E-state index in [0.717, 1.165) is 32.2 Å². The molecule has 108 valence electrons. The normalized spacial score (nSPS) is 31.2. The molecule has 5 nitrogen and oxygen atoms in total. The fourth-order valence-electron chi connectivity index (χ4n) is 3.27. The summed E-state index contributed by atoms with van der Waals surface area (Å²) in [4.78, 5) is 24.7. The number of hydrogen-bond donors (Lipinski definition) is 2. The molecule has 1 heterocycles. The lowest BCUT2D eigenvalue weighted by Gasteiger charge is -2.33. The van der Waals surface area contributed by atoms with Crippen molar-refractivity contribution in [3.63, 3.8) is 0 Å². The number of hydrogen-bond acceptors (Lipinski definition) is 2. The molecule has 0 radical (unpaired) electrons. The maximum atomic E-state index is 12.2. The van der Waals surface area contributed by atoms with Crippen molar-refractivity contribution in [2.75, 3.05) is 13.1 Å². The van der Waals surface area contributed by atoms with Crippen LogP contribution in [0.4, 0.5) is 4.79 Å². The molecule has 1 aliphatic heterocycles. The topological polar surface area (TPSA) is 69.6 Å². The predicted molar refractivity (Wildman–Crippen MR) is 71.9 cm³/mol. The van der Waals surface area contributed by atoms with E-state index in [-0.39, 0.29) is 18.4 Å². The van der Waals surface area contributed by atoms with E-state index < -0.39 is 5.97 Å². The SMILES string of the molecule is CC1CCC(NC(=O)N2CCCC(CC(=O)O)C2)C1. The minimum atomic E-state index is -0.767. The molecule has 2 aliphatic rings. The first-order chi connectivity index (χ1) is 9.04. The molecule has 2 N–H and O–H groups in total. The molecule has 2 amide bonds. The lowest BCUT2D eigenvalue weighted by Crippen LogP contribution is -2.48. The Morgan fingerprint density at radius 1 is 1.32 bits per heavy atom. The summed E-state index contributed by atoms with van der Waals surface area (Å²) in [5.74, 6) is 0.0443. The van der Waals surface area contributed by atoms with Crippen molar-refractivity contribution in [3.05, 3.63) is 0 Å². The number of nitrogens with zero attached hydrogens (tertiary/aromatic N) is 1. The Hall–Kier alpha value is -1.26. The molecule has 2 fully saturated rings. The quantitative estimate of drug-likeness (QED) is 0.823. The second-order valence-corrected chi connectivity index (χ2v) is 6.12. The van der Waals surface area contributed by atoms with Crippen LogP contribution in [0.25, 0.3) is 0 Å². The highest BCUT2D eigenvalue weighted by Crippen LogP contribution is 2.25. The first-order valence-corrected chi connectivity index (χ1v) is 7.32. The average molecular weight is 268 g/mol. The van der Waals surface area contributed by atoms with E-state index in [1.807, 2.05) is 0 Å². The zero-order valence-electron chi connectivity index (χ0n) is 11.6. The van der Waals surface area contributed by atoms with E-state index in [9.17, 15) is 9.59 Å². The van der Waals surface area contributed by atoms with Gasteiger partial charge in [-0.2, -0.15) is 0 Å². The molecular formula is C14H24N2O3. The van der Waals surface area contributed by atoms with Crippen LogP contribution in [0.3, 0.4) is 0 Å². The van der Waals surface area contributed by atoms with Crippen molar-refractivity contribution in [1.82, 2.24) is 10.2 Å². The van der Waals surface area contributed by atoms with Gasteiger partial charge in [0, 0.05) is 25.6 Å². The Morgan fingerprint density at radius 3 is 2.74 bits per heavy atom. The van der Waals surface area contributed by atoms with Crippen molar-refractivity contribution < 1.29 is 14.7 Å². The van der Waals surface area contributed by atoms with Gasteiger partial charge in [-0.15, -0.1) is 0 Å². The largest absolute Gasteiger partial charge is 0.481 e. The molecule has 0 bridgehead atoms. The molecule has 2 rings (SSSR count). The maximum absolute atomic E-state index is 12.2. The molecule has 3 atom stereocenters. The van der Waals surface area contributed by atoms with Gasteiger partial charge in [-0.25, -0.2) is 4.79 Å². The van der Waals surface area contributed by atoms with E-state index in [1.54, 1.807) is 4.90 Å². The van der Waals surface area contributed by atoms with Crippen LogP contribution in [0.2, 0.25) is 0 Å². The zero-order valence-corrected chi connectivity index (χ0v) is 11.6. The highest BCUT2D eigenvalue weighted by atomic mass is 16.4. The smallest absolute Gasteiger partial charge is 0.317 e. The van der Waals surface area contributed by atoms with Crippen LogP contribution in [0.15, 0.2) is 0 Å². The molecule has 0 spiro atoms. The van der Waals surface area contributed by atoms with Gasteiger partial charge in [-0.1, -0.05) is 6.92 Å². The molecule has 1 saturated carbocycles. The van der Waals surface area contributed by atoms with Crippen LogP contribution >= 0.6 is 0 Å². The number of rotatable bonds is 3. The molecule has 3 unspecified atom stereocenters. The number of aliphatic carboxylic acids is 1. The number of carbonyl (C=O) groups is 2. The molecule has 0 aromatic carbocycles. The standard InChI is InChI=1S/C14H24N2O3/c1-10-4-5-12(7-10)15-14(19)16-6-2-3-11(9-16)8-13(17)18/h10-12H,2-9H2,1H3,(H,15,19)(H,17,18). The summed E-state index contributed by atoms with van der Waals surface area (Å²) in [5.41, 5.74) is 0. The van der Waals surface area contributed by atoms with Gasteiger partial charge < -0.3 is 15.3 Å². The van der Waals surface area contributed by atoms with Crippen molar-refractivity contribution >= 4 is 12.0 Å². The molecule has 1 aliphatic carbocycles. The van der Waals surface area contributed by atoms with E-state index in [0.29, 0.717) is 18.5 Å². The number of carbonyl (C=O) groups excluding carboxylic acids is 1. The lowest BCUT2D eigenvalue weighted by atomic mass is 9.95. The molecule has 5 heteroatoms. The van der Waals surface area contributed by atoms with E-state index in [1.165, 1.54) is 6.42 Å². The third-order valence-corrected chi connectivity index (χ3v) is 4.29. The van der Waals surface area contributed by atoms with Gasteiger partial charge >= 0.3 is 12.0 Å². The summed E-state index contributed by atoms with van der Waals surface area (Å²) >= 11 is 0. The number of carboxylic acid groups (broad SMARTS) is 1. The first kappa shape index (κ1) is 14.2. The average Bonchev–Trinajstić information content (AvgIpc) is 2.74. The minimum Gasteiger partial charge on any atom is -0.481 e. The third kappa shape index (κ3) is 4.11. The summed E-state index contributed by atoms with van der Waals surface area (Å²) in [7, 11) is 0. The van der Waals surface area contributed by atoms with Crippen LogP contribution in [-0.2, 0) is 4.79 Å². The first-order valence-electron chi connectivity index (χ1n) is 7.32. The van der Waals surface area contributed by atoms with Gasteiger partial charge in [0.05, 0.1) is 0 Å². The Kier molecular flexibility index (Phi) is 4.66. The fourth-order valence-corrected chi connectivity index (χ4v) is 3.27. The summed E-state index contributed by atoms with van der Waals surface area (Å²) in [6.07, 6.45) is 5.32. The van der Waals surface area contributed by atoms with Gasteiger partial charge in [0.25, 0.3) is 0 Å². The Labute approximate surface area is 114 Å². The van der Waals surface area contributed by atoms with E-state index in [2.05, 4.69) is 12.2 Å². The highest BCUT2D eigenvalue weighted by Gasteiger charge is 2.28. The number of piperidine rings is 1. The van der Waals surface area contributed by atoms with E-state index in [4.69, 9.17) is 5.11 Å². The number of carboxylic acids is 1. The van der Waals surface area contributed by atoms with Crippen LogP contribution < -0.4 is 5.32 Å². The Bertz CT molecular complexity index is 346. The number of likely N-dealkylation sites (tertiary alicyclic amines) is 1. The Morgan fingerprint density at radius 2 is 2.11 bits per heavy atom. The number of amides is 2. The highest BCUT2D eigenvalue weighted by molar-refractivity contribution is 5.75. The Balaban J connectivity index is 1.80. The van der Waals surface area contributed by atoms with Crippen LogP contribution in [-0.4, -0.2) is 41.1 Å². The maximum Gasteiger partial charge on any atom is 0.317 e. The summed E-state index contributed by atoms with van der Waals surface area (Å²) < 4.78 is 0. The van der Waals surface area contributed by atoms with Crippen molar-refractivity contribution in [3.8, 4) is 0 Å². The van der Waals surface area contributed by atoms with Crippen LogP contribution in [0.5, 0.6) is 0 Å². The van der Waals surface area contributed by atoms with Crippen LogP contribution in [0, 0.1) is 11.8 Å². The molecule has 19 heavy (non-hydrogen) atoms. The zero-order chi connectivity index (χ0) is 13.8. The van der Waals surface area contributed by atoms with Gasteiger partial charge in [0.2, 0.25) is 0 Å². The summed E-state index contributed by atoms with van der Waals surface area (Å²) in [5, 5.41) is 11.9. The van der Waals surface area contributed by atoms with Crippen molar-refractivity contribution in [2.45, 2.75) is 51.5 Å². The van der Waals surface area contributed by atoms with Crippen LogP contribution in [0.1, 0.15) is 45.4 Å². The molecule has 0 aromatic rings. The predicted octanol–water partition coefficient (Wildman–Crippen LogP) is 2.07. The van der Waals surface area contributed by atoms with Gasteiger partial charge in [-0.3, -0.25) is 4.79 Å². The van der Waals surface area contributed by atoms with Crippen molar-refractivity contribution in [1.29, 1.82) is 0 Å². The summed E-state index contributed by atoms with van der Waals surface area (Å²) in [6.45, 7) is 3.56. The summed E-state index contributed by atoms with van der Waals surface area (Å²) in [6, 6.07) is 0.302. The van der Waals surface area contributed by atoms with Crippen molar-refractivity contribution in [2.24, 2.45) is 11.8 Å². The third-order valence-electron chi connectivity index (χ3n) is 4.29. The molecule has 1 saturated heterocycles. The van der Waals surface area contributed by atoms with Gasteiger partial charge in [0.1, 0.15) is 0 Å². The number of nitrogens with one attached hydrogen (secondary N) is 1. The van der Waals surface area contributed by atoms with Gasteiger partial charge in [0.15, 0.2) is 0 Å². The molecular weight excluding hydrogens is 244 g/mol. The second-order valence-electron chi connectivity index (χ2n) is 6.12. The van der Waals surface area contributed by atoms with E-state index >= 15 is 0 Å². The monoisotopic (exact) mass is 268 g/mol. The number of urea groups is 1. The second kappa shape index (κ2) is 6.26. The molecule has 0 aromatic heterocycles. The fraction of sp³-hybridized carbons (Fsp3) is 0.857. The minimum absolute atomic E-state index is 0.00538.